The van der Waals surface area contributed by atoms with E-state index >= 15 is 0 Å². The molecule has 0 atom stereocenters. The first-order valence-electron chi connectivity index (χ1n) is 10.4. The Hall–Kier alpha value is -3.10. The molecule has 31 heavy (non-hydrogen) atoms. The van der Waals surface area contributed by atoms with Crippen LogP contribution in [0.15, 0.2) is 58.8 Å². The lowest BCUT2D eigenvalue weighted by atomic mass is 10.1. The molecule has 0 amide bonds. The van der Waals surface area contributed by atoms with Crippen LogP contribution in [0.5, 0.6) is 5.88 Å². The maximum atomic E-state index is 9.98. The van der Waals surface area contributed by atoms with Crippen molar-refractivity contribution in [3.8, 4) is 5.88 Å². The molecule has 0 unspecified atom stereocenters. The van der Waals surface area contributed by atoms with Crippen molar-refractivity contribution >= 4 is 22.4 Å². The van der Waals surface area contributed by atoms with Gasteiger partial charge in [-0.3, -0.25) is 0 Å². The van der Waals surface area contributed by atoms with Crippen molar-refractivity contribution < 1.29 is 14.6 Å². The minimum atomic E-state index is -0.958. The summed E-state index contributed by atoms with van der Waals surface area (Å²) in [6.07, 6.45) is 0. The fraction of sp³-hybridized carbons (Fsp3) is 0.391. The van der Waals surface area contributed by atoms with Gasteiger partial charge in [-0.2, -0.15) is 15.2 Å². The summed E-state index contributed by atoms with van der Waals surface area (Å²) in [6.45, 7) is 6.51. The topological polar surface area (TPSA) is 92.4 Å². The van der Waals surface area contributed by atoms with E-state index in [-0.39, 0.29) is 6.61 Å². The van der Waals surface area contributed by atoms with E-state index in [2.05, 4.69) is 37.2 Å². The van der Waals surface area contributed by atoms with Gasteiger partial charge in [0.25, 0.3) is 0 Å². The normalized spacial score (nSPS) is 15.0. The number of nitrogens with zero attached hydrogens (tertiary/aromatic N) is 5. The molecule has 2 heterocycles. The minimum absolute atomic E-state index is 0.130. The summed E-state index contributed by atoms with van der Waals surface area (Å²) in [7, 11) is 0. The van der Waals surface area contributed by atoms with Crippen molar-refractivity contribution in [2.45, 2.75) is 26.0 Å². The van der Waals surface area contributed by atoms with Crippen LogP contribution in [0, 0.1) is 0 Å². The van der Waals surface area contributed by atoms with Crippen LogP contribution >= 0.6 is 0 Å². The Kier molecular flexibility index (Phi) is 6.39. The predicted molar refractivity (Wildman–Crippen MR) is 119 cm³/mol. The maximum Gasteiger partial charge on any atom is 0.229 e. The molecule has 0 spiro atoms. The molecule has 4 rings (SSSR count). The fourth-order valence-corrected chi connectivity index (χ4v) is 3.20. The number of azo groups is 1. The molecule has 0 aliphatic carbocycles. The summed E-state index contributed by atoms with van der Waals surface area (Å²) < 4.78 is 11.1. The van der Waals surface area contributed by atoms with Crippen LogP contribution in [0.1, 0.15) is 19.5 Å². The molecule has 0 bridgehead atoms. The van der Waals surface area contributed by atoms with Crippen molar-refractivity contribution in [2.75, 3.05) is 37.8 Å². The first-order valence-corrected chi connectivity index (χ1v) is 10.4. The van der Waals surface area contributed by atoms with Gasteiger partial charge in [0.05, 0.1) is 30.2 Å². The highest BCUT2D eigenvalue weighted by atomic mass is 16.5. The van der Waals surface area contributed by atoms with E-state index in [4.69, 9.17) is 9.47 Å². The summed E-state index contributed by atoms with van der Waals surface area (Å²) >= 11 is 0. The number of hydrogen-bond donors (Lipinski definition) is 1. The van der Waals surface area contributed by atoms with Gasteiger partial charge in [0.15, 0.2) is 0 Å². The molecule has 1 aliphatic heterocycles. The van der Waals surface area contributed by atoms with Gasteiger partial charge in [0.2, 0.25) is 11.8 Å². The second kappa shape index (κ2) is 9.36. The van der Waals surface area contributed by atoms with Gasteiger partial charge in [-0.25, -0.2) is 4.98 Å². The SMILES string of the molecule is CC(C)(O)COc1cc(CN=Nc2ccc3ccccc3c2)nc(N2CCOCC2)n1. The number of anilines is 1. The molecular formula is C23H27N5O3. The third-order valence-electron chi connectivity index (χ3n) is 4.76. The molecule has 3 aromatic rings. The van der Waals surface area contributed by atoms with Crippen LogP contribution in [0.25, 0.3) is 10.8 Å². The molecule has 0 saturated carbocycles. The zero-order valence-electron chi connectivity index (χ0n) is 17.9. The number of aromatic nitrogens is 2. The molecule has 1 N–H and O–H groups in total. The number of fused-ring (bicyclic) bond motifs is 1. The van der Waals surface area contributed by atoms with E-state index in [1.807, 2.05) is 30.3 Å². The standard InChI is InChI=1S/C23H27N5O3/c1-23(2,29)16-31-21-14-20(25-22(26-21)28-9-11-30-12-10-28)15-24-27-19-8-7-17-5-3-4-6-18(17)13-19/h3-8,13-14,29H,9-12,15-16H2,1-2H3. The van der Waals surface area contributed by atoms with Crippen molar-refractivity contribution in [1.82, 2.24) is 9.97 Å². The molecule has 8 nitrogen and oxygen atoms in total. The quantitative estimate of drug-likeness (QED) is 0.582. The van der Waals surface area contributed by atoms with Crippen LogP contribution in [0.4, 0.5) is 11.6 Å². The van der Waals surface area contributed by atoms with Crippen molar-refractivity contribution in [3.05, 3.63) is 54.2 Å². The van der Waals surface area contributed by atoms with E-state index in [1.54, 1.807) is 19.9 Å². The summed E-state index contributed by atoms with van der Waals surface area (Å²) in [4.78, 5) is 11.2. The van der Waals surface area contributed by atoms with Crippen LogP contribution in [-0.4, -0.2) is 53.6 Å². The number of hydrogen-bond acceptors (Lipinski definition) is 8. The number of rotatable bonds is 7. The summed E-state index contributed by atoms with van der Waals surface area (Å²) in [5.74, 6) is 0.988. The average molecular weight is 422 g/mol. The zero-order chi connectivity index (χ0) is 21.7. The van der Waals surface area contributed by atoms with Gasteiger partial charge in [-0.1, -0.05) is 30.3 Å². The maximum absolute atomic E-state index is 9.98. The molecule has 0 radical (unpaired) electrons. The fourth-order valence-electron chi connectivity index (χ4n) is 3.20. The summed E-state index contributed by atoms with van der Waals surface area (Å²) in [5.41, 5.74) is 0.534. The smallest absolute Gasteiger partial charge is 0.229 e. The first-order chi connectivity index (χ1) is 15.0. The number of benzene rings is 2. The van der Waals surface area contributed by atoms with Crippen molar-refractivity contribution in [2.24, 2.45) is 10.2 Å². The third-order valence-corrected chi connectivity index (χ3v) is 4.76. The third kappa shape index (κ3) is 5.96. The first kappa shape index (κ1) is 21.1. The summed E-state index contributed by atoms with van der Waals surface area (Å²) in [6, 6.07) is 15.9. The van der Waals surface area contributed by atoms with E-state index < -0.39 is 5.60 Å². The van der Waals surface area contributed by atoms with Gasteiger partial charge in [-0.05, 0) is 36.8 Å². The average Bonchev–Trinajstić information content (AvgIpc) is 2.78. The molecule has 1 aromatic heterocycles. The second-order valence-corrected chi connectivity index (χ2v) is 8.13. The number of ether oxygens (including phenoxy) is 2. The van der Waals surface area contributed by atoms with Crippen LogP contribution in [0.3, 0.4) is 0 Å². The Morgan fingerprint density at radius 3 is 2.61 bits per heavy atom. The molecule has 1 fully saturated rings. The molecular weight excluding hydrogens is 394 g/mol. The monoisotopic (exact) mass is 421 g/mol. The Bertz CT molecular complexity index is 1060. The highest BCUT2D eigenvalue weighted by Gasteiger charge is 2.18. The van der Waals surface area contributed by atoms with E-state index in [0.717, 1.165) is 11.1 Å². The number of aliphatic hydroxyl groups is 1. The van der Waals surface area contributed by atoms with Gasteiger partial charge in [0.1, 0.15) is 13.2 Å². The van der Waals surface area contributed by atoms with Gasteiger partial charge >= 0.3 is 0 Å². The summed E-state index contributed by atoms with van der Waals surface area (Å²) in [5, 5.41) is 21.0. The van der Waals surface area contributed by atoms with Crippen molar-refractivity contribution in [1.29, 1.82) is 0 Å². The van der Waals surface area contributed by atoms with Gasteiger partial charge in [-0.15, -0.1) is 0 Å². The zero-order valence-corrected chi connectivity index (χ0v) is 17.9. The number of morpholine rings is 1. The Balaban J connectivity index is 1.52. The minimum Gasteiger partial charge on any atom is -0.474 e. The lowest BCUT2D eigenvalue weighted by Crippen LogP contribution is -2.37. The van der Waals surface area contributed by atoms with E-state index in [0.29, 0.717) is 50.4 Å². The lowest BCUT2D eigenvalue weighted by molar-refractivity contribution is 0.0267. The Morgan fingerprint density at radius 2 is 1.84 bits per heavy atom. The van der Waals surface area contributed by atoms with Crippen LogP contribution in [-0.2, 0) is 11.3 Å². The molecule has 1 saturated heterocycles. The highest BCUT2D eigenvalue weighted by Crippen LogP contribution is 2.22. The van der Waals surface area contributed by atoms with Crippen LogP contribution < -0.4 is 9.64 Å². The van der Waals surface area contributed by atoms with E-state index in [1.165, 1.54) is 5.39 Å². The molecule has 8 heteroatoms. The largest absolute Gasteiger partial charge is 0.474 e. The molecule has 1 aliphatic rings. The second-order valence-electron chi connectivity index (χ2n) is 8.13. The van der Waals surface area contributed by atoms with Crippen molar-refractivity contribution in [3.63, 3.8) is 0 Å². The van der Waals surface area contributed by atoms with Crippen LogP contribution in [0.2, 0.25) is 0 Å². The van der Waals surface area contributed by atoms with Gasteiger partial charge in [0, 0.05) is 19.2 Å². The molecule has 162 valence electrons. The van der Waals surface area contributed by atoms with E-state index in [9.17, 15) is 5.11 Å². The predicted octanol–water partition coefficient (Wildman–Crippen LogP) is 3.90. The Morgan fingerprint density at radius 1 is 1.06 bits per heavy atom. The lowest BCUT2D eigenvalue weighted by Gasteiger charge is -2.27. The Labute approximate surface area is 181 Å². The van der Waals surface area contributed by atoms with Gasteiger partial charge < -0.3 is 19.5 Å². The highest BCUT2D eigenvalue weighted by molar-refractivity contribution is 5.84. The molecule has 2 aromatic carbocycles.